The Morgan fingerprint density at radius 1 is 1.18 bits per heavy atom. The molecule has 0 fully saturated rings. The Balaban J connectivity index is 2.20. The Kier molecular flexibility index (Phi) is 4.30. The van der Waals surface area contributed by atoms with Gasteiger partial charge in [0.15, 0.2) is 0 Å². The third kappa shape index (κ3) is 3.15. The number of hydrogen-bond acceptors (Lipinski definition) is 3. The van der Waals surface area contributed by atoms with E-state index in [1.165, 1.54) is 6.07 Å². The lowest BCUT2D eigenvalue weighted by molar-refractivity contribution is -0.242. The third-order valence-electron chi connectivity index (χ3n) is 3.25. The second kappa shape index (κ2) is 5.73. The van der Waals surface area contributed by atoms with Crippen molar-refractivity contribution in [1.82, 2.24) is 0 Å². The number of nitrogens with one attached hydrogen (secondary N) is 1. The molecule has 22 heavy (non-hydrogen) atoms. The monoisotopic (exact) mass is 329 g/mol. The third-order valence-corrected chi connectivity index (χ3v) is 4.28. The molecule has 0 spiro atoms. The number of alkyl halides is 3. The predicted molar refractivity (Wildman–Crippen MR) is 79.8 cm³/mol. The molecule has 0 aliphatic carbocycles. The molecule has 3 nitrogen and oxygen atoms in total. The smallest absolute Gasteiger partial charge is 0.373 e. The van der Waals surface area contributed by atoms with Crippen molar-refractivity contribution < 1.29 is 23.1 Å². The SMILES string of the molecule is Cc1ccccc1-c1ccc(NC(=O)C(C)(O)C(F)(F)F)s1. The number of anilines is 1. The lowest BCUT2D eigenvalue weighted by Gasteiger charge is -2.24. The van der Waals surface area contributed by atoms with Gasteiger partial charge in [-0.25, -0.2) is 0 Å². The quantitative estimate of drug-likeness (QED) is 0.895. The lowest BCUT2D eigenvalue weighted by atomic mass is 10.1. The van der Waals surface area contributed by atoms with E-state index in [9.17, 15) is 23.1 Å². The van der Waals surface area contributed by atoms with Crippen LogP contribution < -0.4 is 5.32 Å². The van der Waals surface area contributed by atoms with Gasteiger partial charge in [0.2, 0.25) is 5.60 Å². The van der Waals surface area contributed by atoms with Gasteiger partial charge in [0, 0.05) is 4.88 Å². The molecule has 0 bridgehead atoms. The normalized spacial score (nSPS) is 14.5. The highest BCUT2D eigenvalue weighted by Crippen LogP contribution is 2.35. The fourth-order valence-electron chi connectivity index (χ4n) is 1.76. The fraction of sp³-hybridized carbons (Fsp3) is 0.267. The topological polar surface area (TPSA) is 49.3 Å². The molecule has 1 unspecified atom stereocenters. The summed E-state index contributed by atoms with van der Waals surface area (Å²) in [4.78, 5) is 12.4. The molecule has 0 aliphatic heterocycles. The van der Waals surface area contributed by atoms with Gasteiger partial charge in [-0.05, 0) is 37.1 Å². The van der Waals surface area contributed by atoms with E-state index in [1.807, 2.05) is 31.2 Å². The molecule has 1 aromatic heterocycles. The molecule has 1 atom stereocenters. The summed E-state index contributed by atoms with van der Waals surface area (Å²) in [5.74, 6) is -1.50. The number of aryl methyl sites for hydroxylation is 1. The second-order valence-electron chi connectivity index (χ2n) is 5.00. The van der Waals surface area contributed by atoms with Crippen LogP contribution in [0.25, 0.3) is 10.4 Å². The zero-order chi connectivity index (χ0) is 16.5. The van der Waals surface area contributed by atoms with Crippen LogP contribution >= 0.6 is 11.3 Å². The minimum absolute atomic E-state index is 0.243. The summed E-state index contributed by atoms with van der Waals surface area (Å²) in [7, 11) is 0. The number of carbonyl (C=O) groups is 1. The molecule has 2 N–H and O–H groups in total. The average molecular weight is 329 g/mol. The van der Waals surface area contributed by atoms with Gasteiger partial charge in [0.1, 0.15) is 0 Å². The maximum atomic E-state index is 12.6. The van der Waals surface area contributed by atoms with Crippen molar-refractivity contribution in [2.75, 3.05) is 5.32 Å². The average Bonchev–Trinajstić information content (AvgIpc) is 2.86. The molecule has 0 saturated carbocycles. The van der Waals surface area contributed by atoms with Crippen LogP contribution in [0.2, 0.25) is 0 Å². The van der Waals surface area contributed by atoms with Gasteiger partial charge >= 0.3 is 6.18 Å². The molecule has 2 aromatic rings. The first-order valence-corrected chi connectivity index (χ1v) is 7.21. The van der Waals surface area contributed by atoms with E-state index in [4.69, 9.17) is 0 Å². The van der Waals surface area contributed by atoms with Gasteiger partial charge in [-0.15, -0.1) is 11.3 Å². The highest BCUT2D eigenvalue weighted by Gasteiger charge is 2.55. The van der Waals surface area contributed by atoms with Crippen molar-refractivity contribution in [1.29, 1.82) is 0 Å². The van der Waals surface area contributed by atoms with Gasteiger partial charge < -0.3 is 10.4 Å². The van der Waals surface area contributed by atoms with E-state index >= 15 is 0 Å². The first-order chi connectivity index (χ1) is 10.1. The van der Waals surface area contributed by atoms with Crippen molar-refractivity contribution in [3.8, 4) is 10.4 Å². The Bertz CT molecular complexity index is 692. The van der Waals surface area contributed by atoms with Crippen LogP contribution in [0, 0.1) is 6.92 Å². The molecule has 1 aromatic carbocycles. The number of amides is 1. The van der Waals surface area contributed by atoms with Crippen molar-refractivity contribution in [3.63, 3.8) is 0 Å². The number of rotatable bonds is 3. The predicted octanol–water partition coefficient (Wildman–Crippen LogP) is 3.98. The molecule has 0 aliphatic rings. The zero-order valence-corrected chi connectivity index (χ0v) is 12.7. The van der Waals surface area contributed by atoms with E-state index in [0.29, 0.717) is 6.92 Å². The van der Waals surface area contributed by atoms with Gasteiger partial charge in [-0.2, -0.15) is 13.2 Å². The summed E-state index contributed by atoms with van der Waals surface area (Å²) in [6.45, 7) is 2.35. The van der Waals surface area contributed by atoms with Crippen LogP contribution in [0.5, 0.6) is 0 Å². The fourth-order valence-corrected chi connectivity index (χ4v) is 2.75. The zero-order valence-electron chi connectivity index (χ0n) is 11.9. The summed E-state index contributed by atoms with van der Waals surface area (Å²) < 4.78 is 37.8. The number of aliphatic hydroxyl groups is 1. The highest BCUT2D eigenvalue weighted by molar-refractivity contribution is 7.19. The van der Waals surface area contributed by atoms with Crippen LogP contribution in [0.3, 0.4) is 0 Å². The van der Waals surface area contributed by atoms with E-state index < -0.39 is 17.7 Å². The molecule has 0 saturated heterocycles. The van der Waals surface area contributed by atoms with Gasteiger partial charge in [-0.3, -0.25) is 4.79 Å². The minimum Gasteiger partial charge on any atom is -0.373 e. The number of halogens is 3. The van der Waals surface area contributed by atoms with Gasteiger partial charge in [-0.1, -0.05) is 24.3 Å². The second-order valence-corrected chi connectivity index (χ2v) is 6.09. The van der Waals surface area contributed by atoms with E-state index in [2.05, 4.69) is 5.32 Å². The molecule has 118 valence electrons. The Hall–Kier alpha value is -1.86. The van der Waals surface area contributed by atoms with Crippen LogP contribution in [-0.2, 0) is 4.79 Å². The molecule has 1 heterocycles. The lowest BCUT2D eigenvalue weighted by Crippen LogP contribution is -2.52. The first-order valence-electron chi connectivity index (χ1n) is 6.39. The minimum atomic E-state index is -5.03. The van der Waals surface area contributed by atoms with Gasteiger partial charge in [0.05, 0.1) is 5.00 Å². The maximum Gasteiger partial charge on any atom is 0.426 e. The van der Waals surface area contributed by atoms with E-state index in [0.717, 1.165) is 27.3 Å². The van der Waals surface area contributed by atoms with Crippen molar-refractivity contribution >= 4 is 22.2 Å². The Morgan fingerprint density at radius 3 is 2.41 bits per heavy atom. The number of hydrogen-bond donors (Lipinski definition) is 2. The largest absolute Gasteiger partial charge is 0.426 e. The van der Waals surface area contributed by atoms with Crippen LogP contribution in [0.4, 0.5) is 18.2 Å². The molecule has 2 rings (SSSR count). The Morgan fingerprint density at radius 2 is 1.82 bits per heavy atom. The van der Waals surface area contributed by atoms with Crippen LogP contribution in [-0.4, -0.2) is 22.8 Å². The summed E-state index contributed by atoms with van der Waals surface area (Å²) in [6.07, 6.45) is -5.03. The summed E-state index contributed by atoms with van der Waals surface area (Å²) >= 11 is 1.14. The van der Waals surface area contributed by atoms with Crippen molar-refractivity contribution in [2.24, 2.45) is 0 Å². The van der Waals surface area contributed by atoms with Crippen LogP contribution in [0.1, 0.15) is 12.5 Å². The van der Waals surface area contributed by atoms with Crippen molar-refractivity contribution in [2.45, 2.75) is 25.6 Å². The summed E-state index contributed by atoms with van der Waals surface area (Å²) in [6, 6.07) is 10.8. The molecule has 0 radical (unpaired) electrons. The van der Waals surface area contributed by atoms with E-state index in [1.54, 1.807) is 6.07 Å². The number of carbonyl (C=O) groups excluding carboxylic acids is 1. The van der Waals surface area contributed by atoms with Gasteiger partial charge in [0.25, 0.3) is 5.91 Å². The van der Waals surface area contributed by atoms with Crippen molar-refractivity contribution in [3.05, 3.63) is 42.0 Å². The highest BCUT2D eigenvalue weighted by atomic mass is 32.1. The standard InChI is InChI=1S/C15H14F3NO2S/c1-9-5-3-4-6-10(9)11-7-8-12(22-11)19-13(20)14(2,21)15(16,17)18/h3-8,21H,1-2H3,(H,19,20). The maximum absolute atomic E-state index is 12.6. The number of benzene rings is 1. The molecular formula is C15H14F3NO2S. The molecule has 1 amide bonds. The van der Waals surface area contributed by atoms with E-state index in [-0.39, 0.29) is 5.00 Å². The number of thiophene rings is 1. The molecular weight excluding hydrogens is 315 g/mol. The molecule has 7 heteroatoms. The Labute approximate surface area is 129 Å². The van der Waals surface area contributed by atoms with Crippen LogP contribution in [0.15, 0.2) is 36.4 Å². The summed E-state index contributed by atoms with van der Waals surface area (Å²) in [5, 5.41) is 11.7. The first kappa shape index (κ1) is 16.5. The summed E-state index contributed by atoms with van der Waals surface area (Å²) in [5.41, 5.74) is -1.47.